The number of hydrogen-bond donors (Lipinski definition) is 1. The summed E-state index contributed by atoms with van der Waals surface area (Å²) >= 11 is 0. The van der Waals surface area contributed by atoms with Crippen LogP contribution < -0.4 is 5.30 Å². The molecule has 0 aliphatic rings. The molecule has 0 saturated carbocycles. The van der Waals surface area contributed by atoms with Crippen LogP contribution in [0.25, 0.3) is 0 Å². The summed E-state index contributed by atoms with van der Waals surface area (Å²) in [5.41, 5.74) is 0.765. The van der Waals surface area contributed by atoms with Gasteiger partial charge in [-0.05, 0) is 22.7 Å². The van der Waals surface area contributed by atoms with Gasteiger partial charge in [0.25, 0.3) is 10.1 Å². The van der Waals surface area contributed by atoms with Crippen LogP contribution in [-0.2, 0) is 10.1 Å². The van der Waals surface area contributed by atoms with E-state index in [1.807, 2.05) is 12.1 Å². The summed E-state index contributed by atoms with van der Waals surface area (Å²) < 4.78 is 32.0. The van der Waals surface area contributed by atoms with Crippen molar-refractivity contribution in [1.29, 1.82) is 0 Å². The van der Waals surface area contributed by atoms with Crippen LogP contribution in [0.1, 0.15) is 27.7 Å². The Kier molecular flexibility index (Phi) is 4.70. The molecule has 0 aliphatic carbocycles. The summed E-state index contributed by atoms with van der Waals surface area (Å²) in [5, 5.41) is 0.773. The average molecular weight is 274 g/mol. The molecule has 0 fully saturated rings. The van der Waals surface area contributed by atoms with Crippen LogP contribution in [0, 0.1) is 0 Å². The maximum absolute atomic E-state index is 11.4. The third kappa shape index (κ3) is 3.51. The summed E-state index contributed by atoms with van der Waals surface area (Å²) in [6, 6.07) is 6.75. The fourth-order valence-corrected chi connectivity index (χ4v) is 6.18. The van der Waals surface area contributed by atoms with Gasteiger partial charge in [-0.1, -0.05) is 53.8 Å². The molecular formula is C12H19O3PS. The Bertz CT molecular complexity index is 472. The zero-order valence-electron chi connectivity index (χ0n) is 10.6. The highest BCUT2D eigenvalue weighted by Crippen LogP contribution is 2.46. The lowest BCUT2D eigenvalue weighted by Gasteiger charge is -2.27. The molecule has 1 rings (SSSR count). The first-order valence-electron chi connectivity index (χ1n) is 5.60. The number of benzene rings is 1. The van der Waals surface area contributed by atoms with Crippen LogP contribution in [-0.4, -0.2) is 24.3 Å². The first-order chi connectivity index (χ1) is 7.75. The molecule has 0 heterocycles. The molecular weight excluding hydrogens is 255 g/mol. The number of hydrogen-bond acceptors (Lipinski definition) is 2. The third-order valence-corrected chi connectivity index (χ3v) is 6.77. The Labute approximate surface area is 105 Å². The van der Waals surface area contributed by atoms with E-state index in [4.69, 9.17) is 0 Å². The molecule has 1 N–H and O–H groups in total. The zero-order chi connectivity index (χ0) is 13.2. The van der Waals surface area contributed by atoms with Gasteiger partial charge in [0.05, 0.1) is 0 Å². The second kappa shape index (κ2) is 5.47. The van der Waals surface area contributed by atoms with E-state index in [0.717, 1.165) is 5.30 Å². The van der Waals surface area contributed by atoms with Crippen molar-refractivity contribution in [3.63, 3.8) is 0 Å². The minimum absolute atomic E-state index is 0.0634. The summed E-state index contributed by atoms with van der Waals surface area (Å²) in [6.07, 6.45) is 0. The van der Waals surface area contributed by atoms with Crippen LogP contribution >= 0.6 is 7.92 Å². The van der Waals surface area contributed by atoms with Gasteiger partial charge in [0.2, 0.25) is 0 Å². The summed E-state index contributed by atoms with van der Waals surface area (Å²) in [7, 11) is -4.73. The summed E-state index contributed by atoms with van der Waals surface area (Å²) in [5.74, 6) is 0. The largest absolute Gasteiger partial charge is 0.295 e. The lowest BCUT2D eigenvalue weighted by atomic mass is 10.4. The molecule has 0 atom stereocenters. The molecule has 17 heavy (non-hydrogen) atoms. The first-order valence-corrected chi connectivity index (χ1v) is 8.52. The average Bonchev–Trinajstić information content (AvgIpc) is 2.15. The van der Waals surface area contributed by atoms with Crippen LogP contribution in [0.3, 0.4) is 0 Å². The maximum Gasteiger partial charge on any atom is 0.295 e. The second-order valence-electron chi connectivity index (χ2n) is 4.54. The Balaban J connectivity index is 3.39. The molecule has 3 nitrogen and oxygen atoms in total. The lowest BCUT2D eigenvalue weighted by molar-refractivity contribution is 0.484. The Morgan fingerprint density at radius 2 is 1.53 bits per heavy atom. The van der Waals surface area contributed by atoms with E-state index in [-0.39, 0.29) is 4.90 Å². The van der Waals surface area contributed by atoms with Crippen molar-refractivity contribution < 1.29 is 13.0 Å². The van der Waals surface area contributed by atoms with Gasteiger partial charge < -0.3 is 0 Å². The Morgan fingerprint density at radius 1 is 1.06 bits per heavy atom. The predicted octanol–water partition coefficient (Wildman–Crippen LogP) is 2.86. The highest BCUT2D eigenvalue weighted by molar-refractivity contribution is 7.86. The van der Waals surface area contributed by atoms with Gasteiger partial charge in [0.1, 0.15) is 4.90 Å². The lowest BCUT2D eigenvalue weighted by Crippen LogP contribution is -2.20. The fraction of sp³-hybridized carbons (Fsp3) is 0.500. The molecule has 0 aliphatic heterocycles. The molecule has 0 saturated heterocycles. The molecule has 0 unspecified atom stereocenters. The molecule has 0 spiro atoms. The standard InChI is InChI=1S/C12H19O3PS/c1-9(2)16(10(3)4)11-7-5-6-8-12(11)17(13,14)15/h5-10H,1-4H3,(H,13,14,15). The zero-order valence-corrected chi connectivity index (χ0v) is 12.3. The summed E-state index contributed by atoms with van der Waals surface area (Å²) in [4.78, 5) is 0.0634. The van der Waals surface area contributed by atoms with Crippen molar-refractivity contribution in [3.8, 4) is 0 Å². The molecule has 5 heteroatoms. The van der Waals surface area contributed by atoms with Gasteiger partial charge in [-0.15, -0.1) is 0 Å². The van der Waals surface area contributed by atoms with E-state index >= 15 is 0 Å². The first kappa shape index (κ1) is 14.6. The SMILES string of the molecule is CC(C)P(c1ccccc1S(=O)(=O)O)C(C)C. The van der Waals surface area contributed by atoms with E-state index in [0.29, 0.717) is 11.3 Å². The van der Waals surface area contributed by atoms with Crippen LogP contribution in [0.4, 0.5) is 0 Å². The van der Waals surface area contributed by atoms with Crippen molar-refractivity contribution in [2.24, 2.45) is 0 Å². The predicted molar refractivity (Wildman–Crippen MR) is 73.1 cm³/mol. The third-order valence-electron chi connectivity index (χ3n) is 2.53. The molecule has 0 aromatic heterocycles. The highest BCUT2D eigenvalue weighted by atomic mass is 32.2. The normalized spacial score (nSPS) is 12.7. The van der Waals surface area contributed by atoms with Crippen molar-refractivity contribution in [2.75, 3.05) is 0 Å². The topological polar surface area (TPSA) is 54.4 Å². The molecule has 0 radical (unpaired) electrons. The van der Waals surface area contributed by atoms with E-state index in [1.165, 1.54) is 6.07 Å². The minimum atomic E-state index is -4.13. The van der Waals surface area contributed by atoms with Crippen molar-refractivity contribution in [2.45, 2.75) is 43.9 Å². The van der Waals surface area contributed by atoms with Gasteiger partial charge in [0, 0.05) is 0 Å². The van der Waals surface area contributed by atoms with Gasteiger partial charge >= 0.3 is 0 Å². The maximum atomic E-state index is 11.4. The molecule has 1 aromatic carbocycles. The second-order valence-corrected chi connectivity index (χ2v) is 9.29. The Morgan fingerprint density at radius 3 is 1.94 bits per heavy atom. The van der Waals surface area contributed by atoms with Gasteiger partial charge in [0.15, 0.2) is 0 Å². The van der Waals surface area contributed by atoms with E-state index in [1.54, 1.807) is 6.07 Å². The smallest absolute Gasteiger partial charge is 0.282 e. The monoisotopic (exact) mass is 274 g/mol. The molecule has 0 bridgehead atoms. The van der Waals surface area contributed by atoms with Crippen molar-refractivity contribution in [3.05, 3.63) is 24.3 Å². The van der Waals surface area contributed by atoms with Gasteiger partial charge in [-0.3, -0.25) is 4.55 Å². The Hall–Kier alpha value is -0.440. The van der Waals surface area contributed by atoms with Crippen molar-refractivity contribution >= 4 is 23.3 Å². The van der Waals surface area contributed by atoms with E-state index in [2.05, 4.69) is 27.7 Å². The quantitative estimate of drug-likeness (QED) is 0.678. The minimum Gasteiger partial charge on any atom is -0.282 e. The molecule has 1 aromatic rings. The van der Waals surface area contributed by atoms with E-state index < -0.39 is 18.0 Å². The van der Waals surface area contributed by atoms with Gasteiger partial charge in [-0.25, -0.2) is 0 Å². The van der Waals surface area contributed by atoms with Crippen LogP contribution in [0.2, 0.25) is 0 Å². The number of rotatable bonds is 4. The summed E-state index contributed by atoms with van der Waals surface area (Å²) in [6.45, 7) is 8.36. The van der Waals surface area contributed by atoms with Crippen LogP contribution in [0.5, 0.6) is 0 Å². The molecule has 0 amide bonds. The van der Waals surface area contributed by atoms with Gasteiger partial charge in [-0.2, -0.15) is 8.42 Å². The van der Waals surface area contributed by atoms with Crippen LogP contribution in [0.15, 0.2) is 29.2 Å². The van der Waals surface area contributed by atoms with Crippen molar-refractivity contribution in [1.82, 2.24) is 0 Å². The highest BCUT2D eigenvalue weighted by Gasteiger charge is 2.25. The molecule has 96 valence electrons. The van der Waals surface area contributed by atoms with E-state index in [9.17, 15) is 13.0 Å². The fourth-order valence-electron chi connectivity index (χ4n) is 2.04.